The van der Waals surface area contributed by atoms with Gasteiger partial charge in [-0.25, -0.2) is 13.1 Å². The standard InChI is InChI=1S/C19H31N3O3S.ClH/c1-2-3-8-17(14-20)22-19(23)11-12-21-26(24,25)18-10-9-15-6-4-5-7-16(15)13-18;/h9-10,13,17,21H,2-8,11-12,14,20H2,1H3,(H,22,23);1H. The first-order chi connectivity index (χ1) is 12.5. The molecule has 1 amide bonds. The van der Waals surface area contributed by atoms with E-state index in [-0.39, 0.29) is 42.2 Å². The van der Waals surface area contributed by atoms with E-state index in [4.69, 9.17) is 5.73 Å². The Morgan fingerprint density at radius 3 is 2.59 bits per heavy atom. The van der Waals surface area contributed by atoms with Crippen molar-refractivity contribution in [2.45, 2.75) is 69.2 Å². The van der Waals surface area contributed by atoms with E-state index >= 15 is 0 Å². The van der Waals surface area contributed by atoms with Crippen molar-refractivity contribution in [3.05, 3.63) is 29.3 Å². The molecule has 1 aromatic carbocycles. The molecule has 154 valence electrons. The average Bonchev–Trinajstić information content (AvgIpc) is 2.64. The quantitative estimate of drug-likeness (QED) is 0.543. The van der Waals surface area contributed by atoms with E-state index in [0.29, 0.717) is 6.54 Å². The topological polar surface area (TPSA) is 101 Å². The summed E-state index contributed by atoms with van der Waals surface area (Å²) in [5.41, 5.74) is 8.03. The number of nitrogens with two attached hydrogens (primary N) is 1. The van der Waals surface area contributed by atoms with Gasteiger partial charge in [-0.3, -0.25) is 4.79 Å². The SMILES string of the molecule is CCCCC(CN)NC(=O)CCNS(=O)(=O)c1ccc2c(c1)CCCC2.Cl. The van der Waals surface area contributed by atoms with Crippen LogP contribution in [0.4, 0.5) is 0 Å². The van der Waals surface area contributed by atoms with Gasteiger partial charge in [0.05, 0.1) is 4.90 Å². The molecule has 8 heteroatoms. The van der Waals surface area contributed by atoms with Crippen molar-refractivity contribution < 1.29 is 13.2 Å². The number of hydrogen-bond acceptors (Lipinski definition) is 4. The van der Waals surface area contributed by atoms with E-state index in [1.807, 2.05) is 6.07 Å². The normalized spacial score (nSPS) is 14.7. The van der Waals surface area contributed by atoms with Crippen LogP contribution in [-0.4, -0.2) is 33.5 Å². The van der Waals surface area contributed by atoms with Crippen LogP contribution in [0.1, 0.15) is 56.6 Å². The van der Waals surface area contributed by atoms with Crippen molar-refractivity contribution in [2.75, 3.05) is 13.1 Å². The highest BCUT2D eigenvalue weighted by Gasteiger charge is 2.18. The summed E-state index contributed by atoms with van der Waals surface area (Å²) in [7, 11) is -3.59. The molecule has 0 spiro atoms. The van der Waals surface area contributed by atoms with Crippen LogP contribution >= 0.6 is 12.4 Å². The molecule has 1 atom stereocenters. The van der Waals surface area contributed by atoms with Crippen molar-refractivity contribution in [2.24, 2.45) is 5.73 Å². The summed E-state index contributed by atoms with van der Waals surface area (Å²) >= 11 is 0. The predicted molar refractivity (Wildman–Crippen MR) is 111 cm³/mol. The van der Waals surface area contributed by atoms with Gasteiger partial charge in [-0.05, 0) is 55.4 Å². The fourth-order valence-corrected chi connectivity index (χ4v) is 4.34. The average molecular weight is 418 g/mol. The highest BCUT2D eigenvalue weighted by atomic mass is 35.5. The maximum Gasteiger partial charge on any atom is 0.240 e. The highest BCUT2D eigenvalue weighted by Crippen LogP contribution is 2.23. The minimum Gasteiger partial charge on any atom is -0.352 e. The van der Waals surface area contributed by atoms with Gasteiger partial charge in [0.1, 0.15) is 0 Å². The second-order valence-electron chi connectivity index (χ2n) is 6.93. The van der Waals surface area contributed by atoms with Crippen molar-refractivity contribution in [1.82, 2.24) is 10.0 Å². The number of hydrogen-bond donors (Lipinski definition) is 3. The molecule has 0 saturated heterocycles. The molecule has 0 heterocycles. The number of carbonyl (C=O) groups excluding carboxylic acids is 1. The van der Waals surface area contributed by atoms with E-state index in [2.05, 4.69) is 17.0 Å². The summed E-state index contributed by atoms with van der Waals surface area (Å²) in [6.07, 6.45) is 7.22. The number of nitrogens with one attached hydrogen (secondary N) is 2. The van der Waals surface area contributed by atoms with Crippen molar-refractivity contribution in [1.29, 1.82) is 0 Å². The molecule has 1 aliphatic carbocycles. The fourth-order valence-electron chi connectivity index (χ4n) is 3.26. The number of rotatable bonds is 10. The molecular formula is C19H32ClN3O3S. The molecule has 0 aliphatic heterocycles. The van der Waals surface area contributed by atoms with Crippen LogP contribution in [0.25, 0.3) is 0 Å². The van der Waals surface area contributed by atoms with E-state index in [9.17, 15) is 13.2 Å². The molecule has 2 rings (SSSR count). The number of halogens is 1. The molecule has 1 unspecified atom stereocenters. The molecule has 0 radical (unpaired) electrons. The number of aryl methyl sites for hydroxylation is 2. The summed E-state index contributed by atoms with van der Waals surface area (Å²) < 4.78 is 27.4. The van der Waals surface area contributed by atoms with Gasteiger partial charge >= 0.3 is 0 Å². The lowest BCUT2D eigenvalue weighted by atomic mass is 9.92. The Morgan fingerprint density at radius 2 is 1.93 bits per heavy atom. The Kier molecular flexibility index (Phi) is 10.3. The van der Waals surface area contributed by atoms with Crippen LogP contribution < -0.4 is 15.8 Å². The van der Waals surface area contributed by atoms with Crippen molar-refractivity contribution >= 4 is 28.3 Å². The molecule has 27 heavy (non-hydrogen) atoms. The Bertz CT molecular complexity index is 710. The molecular weight excluding hydrogens is 386 g/mol. The number of sulfonamides is 1. The molecule has 1 aromatic rings. The third-order valence-electron chi connectivity index (χ3n) is 4.83. The van der Waals surface area contributed by atoms with Gasteiger partial charge < -0.3 is 11.1 Å². The first kappa shape index (κ1) is 23.9. The van der Waals surface area contributed by atoms with Crippen LogP contribution in [-0.2, 0) is 27.7 Å². The second-order valence-corrected chi connectivity index (χ2v) is 8.69. The van der Waals surface area contributed by atoms with E-state index in [0.717, 1.165) is 50.5 Å². The number of amides is 1. The molecule has 0 fully saturated rings. The van der Waals surface area contributed by atoms with Gasteiger partial charge in [0.2, 0.25) is 15.9 Å². The first-order valence-electron chi connectivity index (χ1n) is 9.57. The zero-order valence-corrected chi connectivity index (χ0v) is 17.6. The molecule has 1 aliphatic rings. The summed E-state index contributed by atoms with van der Waals surface area (Å²) in [6, 6.07) is 5.29. The zero-order chi connectivity index (χ0) is 19.0. The largest absolute Gasteiger partial charge is 0.352 e. The van der Waals surface area contributed by atoms with Gasteiger partial charge in [-0.15, -0.1) is 12.4 Å². The minimum absolute atomic E-state index is 0. The number of carbonyl (C=O) groups is 1. The van der Waals surface area contributed by atoms with Gasteiger partial charge in [-0.2, -0.15) is 0 Å². The summed E-state index contributed by atoms with van der Waals surface area (Å²) in [6.45, 7) is 2.56. The molecule has 0 bridgehead atoms. The van der Waals surface area contributed by atoms with Gasteiger partial charge in [0, 0.05) is 25.6 Å². The zero-order valence-electron chi connectivity index (χ0n) is 16.0. The van der Waals surface area contributed by atoms with Crippen LogP contribution in [0.2, 0.25) is 0 Å². The number of unbranched alkanes of at least 4 members (excludes halogenated alkanes) is 1. The molecule has 4 N–H and O–H groups in total. The third kappa shape index (κ3) is 7.41. The van der Waals surface area contributed by atoms with Gasteiger partial charge in [0.15, 0.2) is 0 Å². The maximum absolute atomic E-state index is 12.5. The lowest BCUT2D eigenvalue weighted by Crippen LogP contribution is -2.41. The number of fused-ring (bicyclic) bond motifs is 1. The second kappa shape index (κ2) is 11.6. The van der Waals surface area contributed by atoms with Crippen LogP contribution in [0.5, 0.6) is 0 Å². The number of benzene rings is 1. The fraction of sp³-hybridized carbons (Fsp3) is 0.632. The van der Waals surface area contributed by atoms with E-state index in [1.165, 1.54) is 5.56 Å². The molecule has 0 aromatic heterocycles. The summed E-state index contributed by atoms with van der Waals surface area (Å²) in [5.74, 6) is -0.176. The summed E-state index contributed by atoms with van der Waals surface area (Å²) in [4.78, 5) is 12.3. The summed E-state index contributed by atoms with van der Waals surface area (Å²) in [5, 5.41) is 2.87. The third-order valence-corrected chi connectivity index (χ3v) is 6.29. The van der Waals surface area contributed by atoms with Crippen LogP contribution in [0.3, 0.4) is 0 Å². The lowest BCUT2D eigenvalue weighted by Gasteiger charge is -2.17. The van der Waals surface area contributed by atoms with Crippen LogP contribution in [0, 0.1) is 0 Å². The molecule has 6 nitrogen and oxygen atoms in total. The Balaban J connectivity index is 0.00000364. The highest BCUT2D eigenvalue weighted by molar-refractivity contribution is 7.89. The Morgan fingerprint density at radius 1 is 1.22 bits per heavy atom. The predicted octanol–water partition coefficient (Wildman–Crippen LogP) is 2.29. The van der Waals surface area contributed by atoms with Crippen LogP contribution in [0.15, 0.2) is 23.1 Å². The van der Waals surface area contributed by atoms with Crippen molar-refractivity contribution in [3.8, 4) is 0 Å². The lowest BCUT2D eigenvalue weighted by molar-refractivity contribution is -0.121. The molecule has 0 saturated carbocycles. The maximum atomic E-state index is 12.5. The van der Waals surface area contributed by atoms with E-state index < -0.39 is 10.0 Å². The van der Waals surface area contributed by atoms with Gasteiger partial charge in [-0.1, -0.05) is 25.8 Å². The van der Waals surface area contributed by atoms with Gasteiger partial charge in [0.25, 0.3) is 0 Å². The minimum atomic E-state index is -3.59. The van der Waals surface area contributed by atoms with Crippen molar-refractivity contribution in [3.63, 3.8) is 0 Å². The van der Waals surface area contributed by atoms with E-state index in [1.54, 1.807) is 12.1 Å². The smallest absolute Gasteiger partial charge is 0.240 e. The Hall–Kier alpha value is -1.15. The monoisotopic (exact) mass is 417 g/mol. The first-order valence-corrected chi connectivity index (χ1v) is 11.1. The Labute approximate surface area is 169 Å².